The summed E-state index contributed by atoms with van der Waals surface area (Å²) in [6.07, 6.45) is 2.80. The van der Waals surface area contributed by atoms with Crippen molar-refractivity contribution in [1.82, 2.24) is 0 Å². The van der Waals surface area contributed by atoms with Gasteiger partial charge in [0.05, 0.1) is 0 Å². The van der Waals surface area contributed by atoms with Gasteiger partial charge in [-0.05, 0) is 0 Å². The Morgan fingerprint density at radius 3 is 2.26 bits per heavy atom. The zero-order valence-corrected chi connectivity index (χ0v) is 20.6. The van der Waals surface area contributed by atoms with Gasteiger partial charge in [0.25, 0.3) is 0 Å². The van der Waals surface area contributed by atoms with E-state index in [9.17, 15) is 9.59 Å². The van der Waals surface area contributed by atoms with Crippen LogP contribution in [0.15, 0.2) is 78.4 Å². The molecule has 3 nitrogen and oxygen atoms in total. The first kappa shape index (κ1) is 20.0. The fourth-order valence-corrected chi connectivity index (χ4v) is 8.38. The number of nitrogens with zero attached hydrogens (tertiary/aromatic N) is 1. The number of fused-ring (bicyclic) bond motifs is 5. The van der Waals surface area contributed by atoms with Crippen LogP contribution in [0.2, 0.25) is 0 Å². The molecule has 0 unspecified atom stereocenters. The Bertz CT molecular complexity index is 1570. The van der Waals surface area contributed by atoms with E-state index in [0.717, 1.165) is 10.9 Å². The Morgan fingerprint density at radius 2 is 1.50 bits per heavy atom. The molecule has 7 rings (SSSR count). The van der Waals surface area contributed by atoms with Gasteiger partial charge in [-0.1, -0.05) is 0 Å². The van der Waals surface area contributed by atoms with Gasteiger partial charge in [0.1, 0.15) is 0 Å². The molecule has 0 radical (unpaired) electrons. The van der Waals surface area contributed by atoms with Gasteiger partial charge >= 0.3 is 204 Å². The van der Waals surface area contributed by atoms with Crippen LogP contribution >= 0.6 is 0 Å². The summed E-state index contributed by atoms with van der Waals surface area (Å²) in [5.74, 6) is -0.314. The fraction of sp³-hybridized carbons (Fsp3) is 0.133. The molecule has 3 aliphatic rings. The molecule has 0 spiro atoms. The number of para-hydroxylation sites is 2. The van der Waals surface area contributed by atoms with Crippen molar-refractivity contribution in [3.63, 3.8) is 0 Å². The first-order valence-electron chi connectivity index (χ1n) is 11.5. The molecule has 4 heteroatoms. The average molecular weight is 506 g/mol. The number of ketones is 2. The van der Waals surface area contributed by atoms with Crippen LogP contribution in [0.4, 0.5) is 15.9 Å². The van der Waals surface area contributed by atoms with Crippen LogP contribution in [-0.2, 0) is 11.8 Å². The van der Waals surface area contributed by atoms with E-state index >= 15 is 0 Å². The normalized spacial score (nSPS) is 16.6. The number of allylic oxidation sites excluding steroid dienone is 1. The minimum atomic E-state index is -0.157. The molecule has 34 heavy (non-hydrogen) atoms. The van der Waals surface area contributed by atoms with Crippen molar-refractivity contribution in [3.8, 4) is 0 Å². The van der Waals surface area contributed by atoms with Gasteiger partial charge in [-0.15, -0.1) is 0 Å². The topological polar surface area (TPSA) is 37.4 Å². The van der Waals surface area contributed by atoms with Crippen LogP contribution in [0.25, 0.3) is 6.08 Å². The van der Waals surface area contributed by atoms with Crippen molar-refractivity contribution in [1.29, 1.82) is 0 Å². The van der Waals surface area contributed by atoms with Gasteiger partial charge in [-0.3, -0.25) is 0 Å². The van der Waals surface area contributed by atoms with Crippen LogP contribution in [0.1, 0.15) is 61.3 Å². The third-order valence-corrected chi connectivity index (χ3v) is 9.67. The molecule has 4 aromatic rings. The van der Waals surface area contributed by atoms with E-state index in [2.05, 4.69) is 67.3 Å². The van der Waals surface area contributed by atoms with Crippen LogP contribution in [0.3, 0.4) is 0 Å². The maximum absolute atomic E-state index is 13.0. The van der Waals surface area contributed by atoms with Crippen LogP contribution in [-0.4, -0.2) is 26.1 Å². The number of hydrogen-bond donors (Lipinski definition) is 0. The van der Waals surface area contributed by atoms with E-state index in [-0.39, 0.29) is 31.5 Å². The Morgan fingerprint density at radius 1 is 0.824 bits per heavy atom. The van der Waals surface area contributed by atoms with E-state index in [4.69, 9.17) is 0 Å². The summed E-state index contributed by atoms with van der Waals surface area (Å²) in [6.45, 7) is 4.58. The Hall–Kier alpha value is -3.46. The fourth-order valence-electron chi connectivity index (χ4n) is 5.69. The number of hydrogen-bond acceptors (Lipinski definition) is 3. The number of benzene rings is 3. The van der Waals surface area contributed by atoms with Crippen molar-refractivity contribution >= 4 is 48.1 Å². The number of Topliss-reactive ketones (excluding diaryl/α,β-unsaturated/α-hetero) is 2. The summed E-state index contributed by atoms with van der Waals surface area (Å²) in [6, 6.07) is 24.7. The summed E-state index contributed by atoms with van der Waals surface area (Å²) in [5, 5.41) is 0. The van der Waals surface area contributed by atoms with E-state index in [1.54, 1.807) is 12.1 Å². The summed E-state index contributed by atoms with van der Waals surface area (Å²) in [5.41, 5.74) is 9.05. The molecular weight excluding hydrogens is 485 g/mol. The predicted octanol–water partition coefficient (Wildman–Crippen LogP) is 6.22. The van der Waals surface area contributed by atoms with E-state index in [1.165, 1.54) is 38.2 Å². The van der Waals surface area contributed by atoms with Gasteiger partial charge in [0, 0.05) is 0 Å². The summed E-state index contributed by atoms with van der Waals surface area (Å²) in [4.78, 5) is 28.5. The second-order valence-electron chi connectivity index (χ2n) is 9.71. The van der Waals surface area contributed by atoms with Crippen molar-refractivity contribution in [2.45, 2.75) is 25.7 Å². The molecular formula is C30H21NO2Se. The zero-order valence-electron chi connectivity index (χ0n) is 18.9. The monoisotopic (exact) mass is 507 g/mol. The summed E-state index contributed by atoms with van der Waals surface area (Å²) in [7, 11) is 0. The molecule has 164 valence electrons. The third kappa shape index (κ3) is 2.53. The number of carbonyl (C=O) groups excluding carboxylic acids is 2. The van der Waals surface area contributed by atoms with E-state index in [1.807, 2.05) is 18.2 Å². The molecule has 0 atom stereocenters. The molecule has 3 heterocycles. The minimum absolute atomic E-state index is 0.0236. The summed E-state index contributed by atoms with van der Waals surface area (Å²) >= 11 is -0.0236. The number of anilines is 3. The number of carbonyl (C=O) groups is 2. The van der Waals surface area contributed by atoms with Crippen molar-refractivity contribution < 1.29 is 9.59 Å². The Labute approximate surface area is 204 Å². The Balaban J connectivity index is 1.44. The molecule has 0 N–H and O–H groups in total. The van der Waals surface area contributed by atoms with Gasteiger partial charge < -0.3 is 0 Å². The second-order valence-corrected chi connectivity index (χ2v) is 11.9. The molecule has 0 amide bonds. The van der Waals surface area contributed by atoms with Crippen LogP contribution in [0.5, 0.6) is 0 Å². The predicted molar refractivity (Wildman–Crippen MR) is 136 cm³/mol. The first-order valence-corrected chi connectivity index (χ1v) is 13.2. The third-order valence-electron chi connectivity index (χ3n) is 7.43. The molecule has 0 bridgehead atoms. The molecule has 1 aromatic heterocycles. The summed E-state index contributed by atoms with van der Waals surface area (Å²) < 4.78 is 2.39. The first-order chi connectivity index (χ1) is 16.4. The zero-order chi connectivity index (χ0) is 23.2. The van der Waals surface area contributed by atoms with Gasteiger partial charge in [-0.25, -0.2) is 0 Å². The van der Waals surface area contributed by atoms with Crippen LogP contribution in [0, 0.1) is 0 Å². The molecule has 0 saturated carbocycles. The molecule has 0 saturated heterocycles. The standard InChI is InChI=1S/C30H21NO2Se/c1-30(2)23-12-7-9-18-14-17-8-3-6-13-25(17)31(26(18)23)29-24(30)16-19(34-29)15-22-27(32)20-10-4-5-11-21(20)28(22)33/h3-13,15-16H,14H2,1-2H3. The SMILES string of the molecule is CC1(C)c2cc(C=C3C(=O)c4ccccc4C3=O)[se]c2N2c3ccccc3Cc3cccc1c32. The van der Waals surface area contributed by atoms with Crippen molar-refractivity contribution in [2.24, 2.45) is 0 Å². The quantitative estimate of drug-likeness (QED) is 0.154. The molecule has 0 fully saturated rings. The van der Waals surface area contributed by atoms with E-state index in [0.29, 0.717) is 16.7 Å². The van der Waals surface area contributed by atoms with Gasteiger partial charge in [0.15, 0.2) is 0 Å². The van der Waals surface area contributed by atoms with Gasteiger partial charge in [0.2, 0.25) is 0 Å². The average Bonchev–Trinajstić information content (AvgIpc) is 3.38. The maximum atomic E-state index is 13.0. The molecule has 2 aliphatic heterocycles. The Kier molecular flexibility index (Phi) is 3.98. The van der Waals surface area contributed by atoms with Gasteiger partial charge in [-0.2, -0.15) is 0 Å². The van der Waals surface area contributed by atoms with E-state index < -0.39 is 0 Å². The number of rotatable bonds is 1. The second kappa shape index (κ2) is 6.79. The van der Waals surface area contributed by atoms with Crippen molar-refractivity contribution in [3.05, 3.63) is 116 Å². The van der Waals surface area contributed by atoms with Crippen LogP contribution < -0.4 is 4.90 Å². The van der Waals surface area contributed by atoms with Crippen molar-refractivity contribution in [2.75, 3.05) is 4.90 Å². The molecule has 1 aliphatic carbocycles. The molecule has 3 aromatic carbocycles.